The summed E-state index contributed by atoms with van der Waals surface area (Å²) in [6, 6.07) is 17.6. The summed E-state index contributed by atoms with van der Waals surface area (Å²) in [6.45, 7) is 5.52. The van der Waals surface area contributed by atoms with Crippen LogP contribution in [0.4, 0.5) is 5.69 Å². The topological polar surface area (TPSA) is 54.9 Å². The highest BCUT2D eigenvalue weighted by molar-refractivity contribution is 5.94. The number of pyridine rings is 1. The van der Waals surface area contributed by atoms with Gasteiger partial charge in [0.2, 0.25) is 0 Å². The quantitative estimate of drug-likeness (QED) is 0.467. The lowest BCUT2D eigenvalue weighted by Crippen LogP contribution is -2.28. The van der Waals surface area contributed by atoms with E-state index in [1.807, 2.05) is 38.2 Å². The fraction of sp³-hybridized carbons (Fsp3) is 0.333. The molecule has 4 rings (SSSR count). The van der Waals surface area contributed by atoms with E-state index in [0.717, 1.165) is 24.2 Å². The van der Waals surface area contributed by atoms with Crippen LogP contribution < -0.4 is 14.4 Å². The van der Waals surface area contributed by atoms with E-state index in [9.17, 15) is 4.79 Å². The first-order chi connectivity index (χ1) is 16.2. The smallest absolute Gasteiger partial charge is 0.254 e. The molecule has 0 spiro atoms. The molecule has 1 aliphatic rings. The van der Waals surface area contributed by atoms with Crippen molar-refractivity contribution in [3.63, 3.8) is 0 Å². The second kappa shape index (κ2) is 10.9. The minimum absolute atomic E-state index is 0.0483. The number of rotatable bonds is 9. The van der Waals surface area contributed by atoms with Gasteiger partial charge in [0.25, 0.3) is 5.91 Å². The van der Waals surface area contributed by atoms with Gasteiger partial charge in [-0.2, -0.15) is 0 Å². The van der Waals surface area contributed by atoms with E-state index in [-0.39, 0.29) is 5.91 Å². The average Bonchev–Trinajstić information content (AvgIpc) is 3.39. The minimum atomic E-state index is -0.0483. The van der Waals surface area contributed by atoms with Crippen LogP contribution in [0.25, 0.3) is 0 Å². The zero-order valence-corrected chi connectivity index (χ0v) is 19.4. The number of hydrogen-bond donors (Lipinski definition) is 0. The highest BCUT2D eigenvalue weighted by Crippen LogP contribution is 2.30. The first-order valence-corrected chi connectivity index (χ1v) is 11.5. The highest BCUT2D eigenvalue weighted by Gasteiger charge is 2.19. The summed E-state index contributed by atoms with van der Waals surface area (Å²) in [5.41, 5.74) is 3.99. The number of benzene rings is 2. The number of carbonyl (C=O) groups is 1. The molecule has 1 saturated heterocycles. The Kier molecular flexibility index (Phi) is 7.45. The van der Waals surface area contributed by atoms with Gasteiger partial charge < -0.3 is 19.3 Å². The third-order valence-electron chi connectivity index (χ3n) is 5.83. The van der Waals surface area contributed by atoms with Gasteiger partial charge in [-0.25, -0.2) is 0 Å². The molecule has 33 heavy (non-hydrogen) atoms. The molecule has 2 aromatic carbocycles. The van der Waals surface area contributed by atoms with Crippen molar-refractivity contribution in [1.29, 1.82) is 0 Å². The third kappa shape index (κ3) is 5.64. The molecule has 1 amide bonds. The second-order valence-corrected chi connectivity index (χ2v) is 8.22. The lowest BCUT2D eigenvalue weighted by atomic mass is 10.1. The number of anilines is 1. The van der Waals surface area contributed by atoms with E-state index in [4.69, 9.17) is 9.47 Å². The number of amides is 1. The molecule has 2 heterocycles. The Hall–Kier alpha value is -3.54. The molecular weight excluding hydrogens is 414 g/mol. The van der Waals surface area contributed by atoms with Crippen LogP contribution in [0.5, 0.6) is 11.5 Å². The van der Waals surface area contributed by atoms with Gasteiger partial charge in [0.05, 0.1) is 6.61 Å². The molecule has 6 nitrogen and oxygen atoms in total. The van der Waals surface area contributed by atoms with E-state index in [1.54, 1.807) is 29.4 Å². The number of carbonyl (C=O) groups excluding carboxylic acids is 1. The number of para-hydroxylation sites is 1. The van der Waals surface area contributed by atoms with Crippen molar-refractivity contribution >= 4 is 11.6 Å². The molecule has 1 aromatic heterocycles. The molecule has 3 aromatic rings. The number of ether oxygens (including phenoxy) is 2. The first-order valence-electron chi connectivity index (χ1n) is 11.5. The van der Waals surface area contributed by atoms with E-state index in [2.05, 4.69) is 28.1 Å². The summed E-state index contributed by atoms with van der Waals surface area (Å²) in [7, 11) is 1.84. The maximum Gasteiger partial charge on any atom is 0.254 e. The Morgan fingerprint density at radius 1 is 1.00 bits per heavy atom. The molecule has 1 aliphatic heterocycles. The zero-order valence-electron chi connectivity index (χ0n) is 19.4. The molecule has 0 bridgehead atoms. The SMILES string of the molecule is CCOc1cc(C(=O)N(C)Cc2ccccc2N2CCCC2)ccc1OCc1ccncc1. The van der Waals surface area contributed by atoms with E-state index in [1.165, 1.54) is 18.5 Å². The summed E-state index contributed by atoms with van der Waals surface area (Å²) in [6.07, 6.45) is 5.92. The molecule has 1 fully saturated rings. The molecule has 0 saturated carbocycles. The van der Waals surface area contributed by atoms with Gasteiger partial charge in [-0.15, -0.1) is 0 Å². The molecule has 0 radical (unpaired) electrons. The predicted octanol–water partition coefficient (Wildman–Crippen LogP) is 4.93. The number of aromatic nitrogens is 1. The molecule has 6 heteroatoms. The highest BCUT2D eigenvalue weighted by atomic mass is 16.5. The molecule has 0 aliphatic carbocycles. The minimum Gasteiger partial charge on any atom is -0.490 e. The number of hydrogen-bond acceptors (Lipinski definition) is 5. The van der Waals surface area contributed by atoms with Crippen LogP contribution in [0.15, 0.2) is 67.0 Å². The summed E-state index contributed by atoms with van der Waals surface area (Å²) >= 11 is 0. The van der Waals surface area contributed by atoms with Crippen molar-refractivity contribution in [2.45, 2.75) is 32.9 Å². The van der Waals surface area contributed by atoms with Gasteiger partial charge in [-0.05, 0) is 67.3 Å². The standard InChI is InChI=1S/C27H31N3O3/c1-3-32-26-18-22(10-11-25(26)33-20-21-12-14-28-15-13-21)27(31)29(2)19-23-8-4-5-9-24(23)30-16-6-7-17-30/h4-5,8-15,18H,3,6-7,16-17,19-20H2,1-2H3. The Morgan fingerprint density at radius 3 is 2.52 bits per heavy atom. The van der Waals surface area contributed by atoms with Gasteiger partial charge in [0.15, 0.2) is 11.5 Å². The van der Waals surface area contributed by atoms with Crippen LogP contribution in [-0.2, 0) is 13.2 Å². The molecule has 0 atom stereocenters. The Bertz CT molecular complexity index is 1070. The Morgan fingerprint density at radius 2 is 1.76 bits per heavy atom. The monoisotopic (exact) mass is 445 g/mol. The second-order valence-electron chi connectivity index (χ2n) is 8.22. The van der Waals surface area contributed by atoms with Gasteiger partial charge in [0.1, 0.15) is 6.61 Å². The summed E-state index contributed by atoms with van der Waals surface area (Å²) in [4.78, 5) is 21.4. The van der Waals surface area contributed by atoms with Crippen molar-refractivity contribution in [2.75, 3.05) is 31.6 Å². The van der Waals surface area contributed by atoms with Crippen molar-refractivity contribution in [3.05, 3.63) is 83.7 Å². The summed E-state index contributed by atoms with van der Waals surface area (Å²) in [5.74, 6) is 1.14. The average molecular weight is 446 g/mol. The van der Waals surface area contributed by atoms with E-state index in [0.29, 0.717) is 36.8 Å². The normalized spacial score (nSPS) is 13.1. The summed E-state index contributed by atoms with van der Waals surface area (Å²) in [5, 5.41) is 0. The fourth-order valence-corrected chi connectivity index (χ4v) is 4.13. The summed E-state index contributed by atoms with van der Waals surface area (Å²) < 4.78 is 11.7. The third-order valence-corrected chi connectivity index (χ3v) is 5.83. The Balaban J connectivity index is 1.47. The molecule has 172 valence electrons. The van der Waals surface area contributed by atoms with E-state index >= 15 is 0 Å². The van der Waals surface area contributed by atoms with Crippen LogP contribution in [0.2, 0.25) is 0 Å². The van der Waals surface area contributed by atoms with Crippen LogP contribution in [-0.4, -0.2) is 42.5 Å². The lowest BCUT2D eigenvalue weighted by Gasteiger charge is -2.25. The van der Waals surface area contributed by atoms with Gasteiger partial charge in [0, 0.05) is 50.3 Å². The van der Waals surface area contributed by atoms with Crippen molar-refractivity contribution in [2.24, 2.45) is 0 Å². The van der Waals surface area contributed by atoms with Gasteiger partial charge in [-0.1, -0.05) is 18.2 Å². The maximum absolute atomic E-state index is 13.2. The van der Waals surface area contributed by atoms with Crippen LogP contribution in [0.1, 0.15) is 41.3 Å². The molecular formula is C27H31N3O3. The van der Waals surface area contributed by atoms with Gasteiger partial charge >= 0.3 is 0 Å². The van der Waals surface area contributed by atoms with Crippen LogP contribution >= 0.6 is 0 Å². The maximum atomic E-state index is 13.2. The predicted molar refractivity (Wildman–Crippen MR) is 130 cm³/mol. The largest absolute Gasteiger partial charge is 0.490 e. The van der Waals surface area contributed by atoms with Crippen LogP contribution in [0, 0.1) is 0 Å². The van der Waals surface area contributed by atoms with Crippen molar-refractivity contribution in [3.8, 4) is 11.5 Å². The van der Waals surface area contributed by atoms with Crippen molar-refractivity contribution < 1.29 is 14.3 Å². The fourth-order valence-electron chi connectivity index (χ4n) is 4.13. The molecule has 0 unspecified atom stereocenters. The zero-order chi connectivity index (χ0) is 23.0. The first kappa shape index (κ1) is 22.6. The van der Waals surface area contributed by atoms with Crippen molar-refractivity contribution in [1.82, 2.24) is 9.88 Å². The van der Waals surface area contributed by atoms with Crippen LogP contribution in [0.3, 0.4) is 0 Å². The molecule has 0 N–H and O–H groups in total. The lowest BCUT2D eigenvalue weighted by molar-refractivity contribution is 0.0784. The van der Waals surface area contributed by atoms with E-state index < -0.39 is 0 Å². The van der Waals surface area contributed by atoms with Gasteiger partial charge in [-0.3, -0.25) is 9.78 Å². The Labute approximate surface area is 195 Å². The number of nitrogens with zero attached hydrogens (tertiary/aromatic N) is 3.